The van der Waals surface area contributed by atoms with Gasteiger partial charge in [-0.15, -0.1) is 0 Å². The van der Waals surface area contributed by atoms with Crippen molar-refractivity contribution in [1.29, 1.82) is 0 Å². The van der Waals surface area contributed by atoms with Crippen molar-refractivity contribution in [1.82, 2.24) is 15.1 Å². The number of carbonyl (C=O) groups is 1. The molecule has 21 heavy (non-hydrogen) atoms. The number of rotatable bonds is 4. The summed E-state index contributed by atoms with van der Waals surface area (Å²) < 4.78 is 1.90. The Morgan fingerprint density at radius 3 is 2.62 bits per heavy atom. The third-order valence-corrected chi connectivity index (χ3v) is 5.64. The lowest BCUT2D eigenvalue weighted by Gasteiger charge is -2.31. The standard InChI is InChI=1S/C16H25N3O2/c1-8(13-9(2)18-19(4)10(13)3)17-15-12-6-5-11(7-12)14(15)16(20)21/h8,11-12,14-15,17H,5-7H2,1-4H3,(H,20,21). The minimum absolute atomic E-state index is 0.107. The fourth-order valence-corrected chi connectivity index (χ4v) is 4.68. The van der Waals surface area contributed by atoms with Crippen LogP contribution in [-0.2, 0) is 11.8 Å². The van der Waals surface area contributed by atoms with Crippen LogP contribution in [0.15, 0.2) is 0 Å². The number of hydrogen-bond donors (Lipinski definition) is 2. The normalized spacial score (nSPS) is 32.6. The van der Waals surface area contributed by atoms with Gasteiger partial charge in [-0.2, -0.15) is 5.10 Å². The zero-order valence-electron chi connectivity index (χ0n) is 13.3. The number of nitrogens with zero attached hydrogens (tertiary/aromatic N) is 2. The molecular weight excluding hydrogens is 266 g/mol. The van der Waals surface area contributed by atoms with E-state index in [4.69, 9.17) is 0 Å². The first-order valence-corrected chi connectivity index (χ1v) is 7.89. The maximum atomic E-state index is 11.6. The molecule has 0 spiro atoms. The van der Waals surface area contributed by atoms with Crippen molar-refractivity contribution in [2.45, 2.75) is 52.1 Å². The van der Waals surface area contributed by atoms with Crippen LogP contribution in [-0.4, -0.2) is 26.9 Å². The van der Waals surface area contributed by atoms with Crippen LogP contribution in [0.25, 0.3) is 0 Å². The molecule has 2 aliphatic rings. The first-order valence-electron chi connectivity index (χ1n) is 7.89. The number of aryl methyl sites for hydroxylation is 2. The summed E-state index contributed by atoms with van der Waals surface area (Å²) in [5.74, 6) is 0.0409. The molecular formula is C16H25N3O2. The van der Waals surface area contributed by atoms with E-state index >= 15 is 0 Å². The van der Waals surface area contributed by atoms with E-state index in [1.165, 1.54) is 12.0 Å². The molecule has 2 N–H and O–H groups in total. The molecule has 5 nitrogen and oxygen atoms in total. The molecule has 2 bridgehead atoms. The lowest BCUT2D eigenvalue weighted by atomic mass is 9.84. The highest BCUT2D eigenvalue weighted by Crippen LogP contribution is 2.49. The van der Waals surface area contributed by atoms with Gasteiger partial charge in [-0.05, 0) is 51.9 Å². The maximum Gasteiger partial charge on any atom is 0.308 e. The number of aliphatic carboxylic acids is 1. The summed E-state index contributed by atoms with van der Waals surface area (Å²) in [5.41, 5.74) is 3.40. The highest BCUT2D eigenvalue weighted by atomic mass is 16.4. The summed E-state index contributed by atoms with van der Waals surface area (Å²) >= 11 is 0. The molecule has 5 heteroatoms. The van der Waals surface area contributed by atoms with Crippen LogP contribution in [0.4, 0.5) is 0 Å². The number of carboxylic acids is 1. The first kappa shape index (κ1) is 14.6. The average molecular weight is 291 g/mol. The Bertz CT molecular complexity index is 566. The molecule has 5 atom stereocenters. The van der Waals surface area contributed by atoms with E-state index in [2.05, 4.69) is 24.3 Å². The highest BCUT2D eigenvalue weighted by Gasteiger charge is 2.51. The second-order valence-corrected chi connectivity index (χ2v) is 6.82. The number of fused-ring (bicyclic) bond motifs is 2. The van der Waals surface area contributed by atoms with Gasteiger partial charge in [-0.1, -0.05) is 0 Å². The van der Waals surface area contributed by atoms with Crippen LogP contribution in [0, 0.1) is 31.6 Å². The molecule has 0 saturated heterocycles. The third-order valence-electron chi connectivity index (χ3n) is 5.64. The second-order valence-electron chi connectivity index (χ2n) is 6.82. The summed E-state index contributed by atoms with van der Waals surface area (Å²) in [5, 5.41) is 17.6. The van der Waals surface area contributed by atoms with Crippen molar-refractivity contribution in [3.8, 4) is 0 Å². The van der Waals surface area contributed by atoms with E-state index in [1.54, 1.807) is 0 Å². The van der Waals surface area contributed by atoms with Gasteiger partial charge in [0.15, 0.2) is 0 Å². The topological polar surface area (TPSA) is 67.2 Å². The van der Waals surface area contributed by atoms with Crippen molar-refractivity contribution in [3.63, 3.8) is 0 Å². The van der Waals surface area contributed by atoms with E-state index in [1.807, 2.05) is 18.7 Å². The largest absolute Gasteiger partial charge is 0.481 e. The first-order chi connectivity index (χ1) is 9.90. The van der Waals surface area contributed by atoms with Crippen molar-refractivity contribution in [2.75, 3.05) is 0 Å². The predicted molar refractivity (Wildman–Crippen MR) is 80.0 cm³/mol. The SMILES string of the molecule is Cc1nn(C)c(C)c1C(C)NC1C2CCC(C2)C1C(=O)O. The van der Waals surface area contributed by atoms with Gasteiger partial charge in [0, 0.05) is 30.4 Å². The van der Waals surface area contributed by atoms with Crippen LogP contribution in [0.2, 0.25) is 0 Å². The minimum Gasteiger partial charge on any atom is -0.481 e. The molecule has 0 aliphatic heterocycles. The second kappa shape index (κ2) is 5.13. The Kier molecular flexibility index (Phi) is 3.56. The Morgan fingerprint density at radius 2 is 2.05 bits per heavy atom. The van der Waals surface area contributed by atoms with Gasteiger partial charge in [0.2, 0.25) is 0 Å². The van der Waals surface area contributed by atoms with Crippen molar-refractivity contribution in [2.24, 2.45) is 24.8 Å². The monoisotopic (exact) mass is 291 g/mol. The van der Waals surface area contributed by atoms with Gasteiger partial charge < -0.3 is 10.4 Å². The molecule has 2 fully saturated rings. The van der Waals surface area contributed by atoms with Crippen LogP contribution in [0.5, 0.6) is 0 Å². The van der Waals surface area contributed by atoms with Gasteiger partial charge in [-0.25, -0.2) is 0 Å². The Morgan fingerprint density at radius 1 is 1.38 bits per heavy atom. The molecule has 0 aromatic carbocycles. The number of carboxylic acid groups (broad SMARTS) is 1. The molecule has 5 unspecified atom stereocenters. The molecule has 1 heterocycles. The smallest absolute Gasteiger partial charge is 0.308 e. The fraction of sp³-hybridized carbons (Fsp3) is 0.750. The Balaban J connectivity index is 1.81. The zero-order valence-corrected chi connectivity index (χ0v) is 13.3. The highest BCUT2D eigenvalue weighted by molar-refractivity contribution is 5.72. The predicted octanol–water partition coefficient (Wildman–Crippen LogP) is 2.19. The van der Waals surface area contributed by atoms with Crippen molar-refractivity contribution in [3.05, 3.63) is 17.0 Å². The molecule has 0 radical (unpaired) electrons. The van der Waals surface area contributed by atoms with Crippen LogP contribution in [0.1, 0.15) is 49.2 Å². The van der Waals surface area contributed by atoms with Gasteiger partial charge in [0.05, 0.1) is 11.6 Å². The van der Waals surface area contributed by atoms with Crippen LogP contribution < -0.4 is 5.32 Å². The summed E-state index contributed by atoms with van der Waals surface area (Å²) in [6.07, 6.45) is 3.33. The Labute approximate surface area is 125 Å². The average Bonchev–Trinajstić information content (AvgIpc) is 3.04. The number of nitrogens with one attached hydrogen (secondary N) is 1. The number of hydrogen-bond acceptors (Lipinski definition) is 3. The van der Waals surface area contributed by atoms with Gasteiger partial charge in [0.1, 0.15) is 0 Å². The minimum atomic E-state index is -0.633. The molecule has 2 saturated carbocycles. The lowest BCUT2D eigenvalue weighted by Crippen LogP contribution is -2.45. The number of aromatic nitrogens is 2. The summed E-state index contributed by atoms with van der Waals surface area (Å²) in [7, 11) is 1.95. The van der Waals surface area contributed by atoms with Crippen LogP contribution in [0.3, 0.4) is 0 Å². The van der Waals surface area contributed by atoms with E-state index in [9.17, 15) is 9.90 Å². The van der Waals surface area contributed by atoms with Gasteiger partial charge in [0.25, 0.3) is 0 Å². The van der Waals surface area contributed by atoms with E-state index in [0.29, 0.717) is 11.8 Å². The molecule has 1 aromatic rings. The molecule has 0 amide bonds. The van der Waals surface area contributed by atoms with Crippen LogP contribution >= 0.6 is 0 Å². The zero-order chi connectivity index (χ0) is 15.3. The fourth-order valence-electron chi connectivity index (χ4n) is 4.68. The molecule has 2 aliphatic carbocycles. The van der Waals surface area contributed by atoms with Crippen molar-refractivity contribution >= 4 is 5.97 Å². The van der Waals surface area contributed by atoms with E-state index in [-0.39, 0.29) is 18.0 Å². The quantitative estimate of drug-likeness (QED) is 0.892. The molecule has 116 valence electrons. The summed E-state index contributed by atoms with van der Waals surface area (Å²) in [6, 6.07) is 0.250. The summed E-state index contributed by atoms with van der Waals surface area (Å²) in [6.45, 7) is 6.22. The Hall–Kier alpha value is -1.36. The van der Waals surface area contributed by atoms with E-state index in [0.717, 1.165) is 24.2 Å². The van der Waals surface area contributed by atoms with Gasteiger partial charge >= 0.3 is 5.97 Å². The third kappa shape index (κ3) is 2.27. The summed E-state index contributed by atoms with van der Waals surface area (Å²) in [4.78, 5) is 11.6. The van der Waals surface area contributed by atoms with E-state index < -0.39 is 5.97 Å². The van der Waals surface area contributed by atoms with Gasteiger partial charge in [-0.3, -0.25) is 9.48 Å². The van der Waals surface area contributed by atoms with Crippen molar-refractivity contribution < 1.29 is 9.90 Å². The lowest BCUT2D eigenvalue weighted by molar-refractivity contribution is -0.144. The maximum absolute atomic E-state index is 11.6. The molecule has 3 rings (SSSR count). The molecule has 1 aromatic heterocycles.